The van der Waals surface area contributed by atoms with Gasteiger partial charge in [-0.1, -0.05) is 15.9 Å². The van der Waals surface area contributed by atoms with Crippen LogP contribution in [0.4, 0.5) is 11.4 Å². The molecule has 0 unspecified atom stereocenters. The summed E-state index contributed by atoms with van der Waals surface area (Å²) in [5.74, 6) is -1.79. The number of benzene rings is 2. The van der Waals surface area contributed by atoms with E-state index in [-0.39, 0.29) is 33.7 Å². The van der Waals surface area contributed by atoms with Gasteiger partial charge in [0.2, 0.25) is 5.91 Å². The van der Waals surface area contributed by atoms with Gasteiger partial charge in [-0.05, 0) is 49.2 Å². The minimum Gasteiger partial charge on any atom is -0.465 e. The number of methoxy groups -OCH3 is 2. The maximum atomic E-state index is 13.4. The van der Waals surface area contributed by atoms with Crippen molar-refractivity contribution in [3.63, 3.8) is 0 Å². The highest BCUT2D eigenvalue weighted by molar-refractivity contribution is 9.10. The molecule has 0 saturated heterocycles. The summed E-state index contributed by atoms with van der Waals surface area (Å²) in [6, 6.07) is 6.71. The number of esters is 2. The van der Waals surface area contributed by atoms with E-state index in [1.54, 1.807) is 6.07 Å². The number of hydrogen-bond donors (Lipinski definition) is 1. The lowest BCUT2D eigenvalue weighted by molar-refractivity contribution is -0.116. The van der Waals surface area contributed by atoms with Crippen LogP contribution in [0.25, 0.3) is 0 Å². The van der Waals surface area contributed by atoms with Crippen molar-refractivity contribution in [2.75, 3.05) is 23.8 Å². The molecule has 1 atom stereocenters. The van der Waals surface area contributed by atoms with Crippen LogP contribution in [0.5, 0.6) is 0 Å². The number of nitrogens with zero attached hydrogens (tertiary/aromatic N) is 1. The summed E-state index contributed by atoms with van der Waals surface area (Å²) < 4.78 is 39.1. The molecular weight excluding hydrogens is 504 g/mol. The first-order valence-corrected chi connectivity index (χ1v) is 11.7. The Balaban J connectivity index is 2.13. The van der Waals surface area contributed by atoms with E-state index in [2.05, 4.69) is 30.1 Å². The van der Waals surface area contributed by atoms with Gasteiger partial charge in [0.05, 0.1) is 36.7 Å². The molecule has 0 bridgehead atoms. The number of sulfonamides is 1. The average molecular weight is 525 g/mol. The van der Waals surface area contributed by atoms with Crippen LogP contribution >= 0.6 is 15.9 Å². The predicted molar refractivity (Wildman–Crippen MR) is 120 cm³/mol. The number of anilines is 2. The Labute approximate surface area is 193 Å². The molecule has 1 amide bonds. The molecule has 0 spiro atoms. The second-order valence-electron chi connectivity index (χ2n) is 7.24. The quantitative estimate of drug-likeness (QED) is 0.596. The molecule has 3 rings (SSSR count). The number of hydrogen-bond acceptors (Lipinski definition) is 7. The average Bonchev–Trinajstić information content (AvgIpc) is 3.06. The summed E-state index contributed by atoms with van der Waals surface area (Å²) in [5.41, 5.74) is 0.902. The van der Waals surface area contributed by atoms with Crippen molar-refractivity contribution in [2.45, 2.75) is 31.2 Å². The first kappa shape index (κ1) is 23.7. The second kappa shape index (κ2) is 8.91. The van der Waals surface area contributed by atoms with E-state index in [1.165, 1.54) is 50.3 Å². The third kappa shape index (κ3) is 4.49. The van der Waals surface area contributed by atoms with Crippen molar-refractivity contribution in [3.8, 4) is 0 Å². The van der Waals surface area contributed by atoms with Gasteiger partial charge in [-0.2, -0.15) is 0 Å². The molecule has 11 heteroatoms. The van der Waals surface area contributed by atoms with E-state index >= 15 is 0 Å². The van der Waals surface area contributed by atoms with Crippen LogP contribution in [0.2, 0.25) is 0 Å². The maximum Gasteiger partial charge on any atom is 0.337 e. The summed E-state index contributed by atoms with van der Waals surface area (Å²) in [4.78, 5) is 37.6. The number of amides is 1. The van der Waals surface area contributed by atoms with E-state index < -0.39 is 22.0 Å². The highest BCUT2D eigenvalue weighted by atomic mass is 79.9. The fraction of sp³-hybridized carbons (Fsp3) is 0.286. The second-order valence-corrected chi connectivity index (χ2v) is 9.81. The molecule has 0 fully saturated rings. The topological polar surface area (TPSA) is 119 Å². The Morgan fingerprint density at radius 1 is 1.03 bits per heavy atom. The van der Waals surface area contributed by atoms with Crippen LogP contribution in [0.15, 0.2) is 39.7 Å². The third-order valence-electron chi connectivity index (χ3n) is 4.97. The van der Waals surface area contributed by atoms with Gasteiger partial charge in [0.25, 0.3) is 10.0 Å². The number of carbonyl (C=O) groups is 3. The molecule has 2 aromatic rings. The van der Waals surface area contributed by atoms with Crippen LogP contribution in [-0.2, 0) is 30.7 Å². The predicted octanol–water partition coefficient (Wildman–Crippen LogP) is 3.12. The molecule has 0 radical (unpaired) electrons. The van der Waals surface area contributed by atoms with Crippen molar-refractivity contribution < 1.29 is 32.3 Å². The standard InChI is InChI=1S/C21H21BrN2O7S/c1-11-5-13-7-16(22)10-18(19(13)24(11)12(2)25)32(28,29)23-17-8-14(20(26)30-3)6-15(9-17)21(27)31-4/h6-11,23H,5H2,1-4H3/t11-/m1/s1. The molecule has 9 nitrogen and oxygen atoms in total. The van der Waals surface area contributed by atoms with Gasteiger partial charge in [0.15, 0.2) is 0 Å². The molecule has 1 heterocycles. The van der Waals surface area contributed by atoms with Crippen LogP contribution in [0, 0.1) is 0 Å². The van der Waals surface area contributed by atoms with Crippen molar-refractivity contribution in [1.82, 2.24) is 0 Å². The Hall–Kier alpha value is -2.92. The fourth-order valence-corrected chi connectivity index (χ4v) is 5.69. The maximum absolute atomic E-state index is 13.4. The Kier molecular flexibility index (Phi) is 6.61. The monoisotopic (exact) mass is 524 g/mol. The van der Waals surface area contributed by atoms with Crippen molar-refractivity contribution in [3.05, 3.63) is 51.5 Å². The normalized spacial score (nSPS) is 15.2. The van der Waals surface area contributed by atoms with Crippen molar-refractivity contribution in [1.29, 1.82) is 0 Å². The molecule has 2 aromatic carbocycles. The van der Waals surface area contributed by atoms with Crippen LogP contribution < -0.4 is 9.62 Å². The summed E-state index contributed by atoms with van der Waals surface area (Å²) in [6.07, 6.45) is 0.501. The van der Waals surface area contributed by atoms with Gasteiger partial charge in [0, 0.05) is 17.4 Å². The fourth-order valence-electron chi connectivity index (χ4n) is 3.73. The first-order chi connectivity index (χ1) is 15.0. The third-order valence-corrected chi connectivity index (χ3v) is 6.82. The molecule has 1 aliphatic heterocycles. The SMILES string of the molecule is COC(=O)c1cc(NS(=O)(=O)c2cc(Br)cc3c2N(C(C)=O)[C@H](C)C3)cc(C(=O)OC)c1. The van der Waals surface area contributed by atoms with E-state index in [0.29, 0.717) is 22.1 Å². The minimum absolute atomic E-state index is 0.0356. The van der Waals surface area contributed by atoms with Crippen molar-refractivity contribution in [2.24, 2.45) is 0 Å². The molecule has 1 aliphatic rings. The number of fused-ring (bicyclic) bond motifs is 1. The Morgan fingerprint density at radius 3 is 2.09 bits per heavy atom. The first-order valence-electron chi connectivity index (χ1n) is 9.45. The zero-order valence-electron chi connectivity index (χ0n) is 17.8. The summed E-state index contributed by atoms with van der Waals surface area (Å²) in [5, 5.41) is 0. The van der Waals surface area contributed by atoms with Gasteiger partial charge in [-0.25, -0.2) is 18.0 Å². The van der Waals surface area contributed by atoms with Crippen molar-refractivity contribution >= 4 is 55.2 Å². The van der Waals surface area contributed by atoms with E-state index in [1.807, 2.05) is 6.92 Å². The molecule has 0 aromatic heterocycles. The van der Waals surface area contributed by atoms with E-state index in [9.17, 15) is 22.8 Å². The molecule has 170 valence electrons. The highest BCUT2D eigenvalue weighted by Gasteiger charge is 2.35. The zero-order chi connectivity index (χ0) is 23.8. The van der Waals surface area contributed by atoms with E-state index in [4.69, 9.17) is 0 Å². The molecular formula is C21H21BrN2O7S. The van der Waals surface area contributed by atoms with Gasteiger partial charge in [-0.3, -0.25) is 9.52 Å². The molecule has 0 aliphatic carbocycles. The molecule has 1 N–H and O–H groups in total. The van der Waals surface area contributed by atoms with Crippen LogP contribution in [0.1, 0.15) is 40.1 Å². The highest BCUT2D eigenvalue weighted by Crippen LogP contribution is 2.40. The molecule has 32 heavy (non-hydrogen) atoms. The van der Waals surface area contributed by atoms with Gasteiger partial charge < -0.3 is 14.4 Å². The number of carbonyl (C=O) groups excluding carboxylic acids is 3. The Bertz CT molecular complexity index is 1190. The number of nitrogens with one attached hydrogen (secondary N) is 1. The number of rotatable bonds is 5. The minimum atomic E-state index is -4.23. The molecule has 0 saturated carbocycles. The van der Waals surface area contributed by atoms with Crippen LogP contribution in [0.3, 0.4) is 0 Å². The number of halogens is 1. The zero-order valence-corrected chi connectivity index (χ0v) is 20.2. The van der Waals surface area contributed by atoms with Gasteiger partial charge in [-0.15, -0.1) is 0 Å². The Morgan fingerprint density at radius 2 is 1.59 bits per heavy atom. The lowest BCUT2D eigenvalue weighted by atomic mass is 10.1. The van der Waals surface area contributed by atoms with Crippen LogP contribution in [-0.4, -0.2) is 46.5 Å². The summed E-state index contributed by atoms with van der Waals surface area (Å²) >= 11 is 3.33. The lowest BCUT2D eigenvalue weighted by Crippen LogP contribution is -2.34. The summed E-state index contributed by atoms with van der Waals surface area (Å²) in [7, 11) is -1.90. The lowest BCUT2D eigenvalue weighted by Gasteiger charge is -2.23. The largest absolute Gasteiger partial charge is 0.465 e. The number of ether oxygens (including phenoxy) is 2. The van der Waals surface area contributed by atoms with Gasteiger partial charge in [0.1, 0.15) is 4.90 Å². The summed E-state index contributed by atoms with van der Waals surface area (Å²) in [6.45, 7) is 3.21. The smallest absolute Gasteiger partial charge is 0.337 e. The van der Waals surface area contributed by atoms with E-state index in [0.717, 1.165) is 0 Å². The van der Waals surface area contributed by atoms with Gasteiger partial charge >= 0.3 is 11.9 Å².